The van der Waals surface area contributed by atoms with Crippen LogP contribution in [0.4, 0.5) is 0 Å². The van der Waals surface area contributed by atoms with Crippen LogP contribution in [0.2, 0.25) is 5.15 Å². The summed E-state index contributed by atoms with van der Waals surface area (Å²) in [6.45, 7) is 4.13. The molecule has 0 spiro atoms. The Morgan fingerprint density at radius 3 is 2.60 bits per heavy atom. The van der Waals surface area contributed by atoms with Gasteiger partial charge in [0.2, 0.25) is 0 Å². The van der Waals surface area contributed by atoms with E-state index in [-0.39, 0.29) is 0 Å². The molecule has 0 saturated heterocycles. The standard InChI is InChI=1S/C12H11ClN2/c1-8-3-4-10(9(2)5-8)11-6-14-7-15-12(11)13/h3-7H,1-2H3. The number of hydrogen-bond donors (Lipinski definition) is 0. The highest BCUT2D eigenvalue weighted by Gasteiger charge is 2.06. The van der Waals surface area contributed by atoms with Gasteiger partial charge in [-0.05, 0) is 25.0 Å². The highest BCUT2D eigenvalue weighted by molar-refractivity contribution is 6.32. The third-order valence-corrected chi connectivity index (χ3v) is 2.64. The first-order chi connectivity index (χ1) is 7.18. The Kier molecular flexibility index (Phi) is 2.69. The predicted molar refractivity (Wildman–Crippen MR) is 62.0 cm³/mol. The molecule has 2 rings (SSSR count). The van der Waals surface area contributed by atoms with Gasteiger partial charge in [0.25, 0.3) is 0 Å². The smallest absolute Gasteiger partial charge is 0.140 e. The Bertz CT molecular complexity index is 495. The molecule has 0 unspecified atom stereocenters. The van der Waals surface area contributed by atoms with E-state index in [0.29, 0.717) is 5.15 Å². The van der Waals surface area contributed by atoms with Crippen LogP contribution < -0.4 is 0 Å². The molecule has 2 aromatic rings. The Morgan fingerprint density at radius 2 is 1.93 bits per heavy atom. The monoisotopic (exact) mass is 218 g/mol. The van der Waals surface area contributed by atoms with E-state index in [1.54, 1.807) is 6.20 Å². The first-order valence-electron chi connectivity index (χ1n) is 4.71. The number of aryl methyl sites for hydroxylation is 2. The molecule has 0 amide bonds. The zero-order chi connectivity index (χ0) is 10.8. The Morgan fingerprint density at radius 1 is 1.13 bits per heavy atom. The number of aromatic nitrogens is 2. The van der Waals surface area contributed by atoms with Gasteiger partial charge in [0.05, 0.1) is 0 Å². The minimum absolute atomic E-state index is 0.497. The molecule has 0 bridgehead atoms. The Hall–Kier alpha value is -1.41. The van der Waals surface area contributed by atoms with Crippen molar-refractivity contribution in [1.29, 1.82) is 0 Å². The van der Waals surface area contributed by atoms with Gasteiger partial charge in [0.15, 0.2) is 0 Å². The molecular formula is C12H11ClN2. The summed E-state index contributed by atoms with van der Waals surface area (Å²) < 4.78 is 0. The minimum atomic E-state index is 0.497. The van der Waals surface area contributed by atoms with Crippen molar-refractivity contribution < 1.29 is 0 Å². The summed E-state index contributed by atoms with van der Waals surface area (Å²) in [5.41, 5.74) is 4.40. The van der Waals surface area contributed by atoms with Crippen LogP contribution in [-0.4, -0.2) is 9.97 Å². The number of rotatable bonds is 1. The second-order valence-electron chi connectivity index (χ2n) is 3.55. The van der Waals surface area contributed by atoms with Gasteiger partial charge in [-0.1, -0.05) is 35.4 Å². The first kappa shape index (κ1) is 10.1. The normalized spacial score (nSPS) is 10.3. The average molecular weight is 219 g/mol. The lowest BCUT2D eigenvalue weighted by Gasteiger charge is -2.07. The lowest BCUT2D eigenvalue weighted by atomic mass is 10.0. The largest absolute Gasteiger partial charge is 0.244 e. The van der Waals surface area contributed by atoms with Crippen LogP contribution in [0.3, 0.4) is 0 Å². The van der Waals surface area contributed by atoms with Gasteiger partial charge in [-0.3, -0.25) is 0 Å². The first-order valence-corrected chi connectivity index (χ1v) is 5.09. The van der Waals surface area contributed by atoms with Gasteiger partial charge < -0.3 is 0 Å². The van der Waals surface area contributed by atoms with Gasteiger partial charge in [0.1, 0.15) is 11.5 Å². The summed E-state index contributed by atoms with van der Waals surface area (Å²) in [5.74, 6) is 0. The summed E-state index contributed by atoms with van der Waals surface area (Å²) >= 11 is 6.02. The summed E-state index contributed by atoms with van der Waals surface area (Å²) in [6, 6.07) is 6.24. The van der Waals surface area contributed by atoms with Crippen molar-refractivity contribution in [2.24, 2.45) is 0 Å². The molecule has 0 radical (unpaired) electrons. The van der Waals surface area contributed by atoms with Crippen molar-refractivity contribution >= 4 is 11.6 Å². The maximum absolute atomic E-state index is 6.02. The number of benzene rings is 1. The van der Waals surface area contributed by atoms with Crippen molar-refractivity contribution in [3.63, 3.8) is 0 Å². The third-order valence-electron chi connectivity index (χ3n) is 2.34. The molecule has 0 N–H and O–H groups in total. The van der Waals surface area contributed by atoms with Crippen molar-refractivity contribution in [1.82, 2.24) is 9.97 Å². The Labute approximate surface area is 94.0 Å². The quantitative estimate of drug-likeness (QED) is 0.686. The molecule has 0 saturated carbocycles. The van der Waals surface area contributed by atoms with Crippen LogP contribution in [0.5, 0.6) is 0 Å². The second kappa shape index (κ2) is 3.99. The van der Waals surface area contributed by atoms with Crippen LogP contribution in [0.15, 0.2) is 30.7 Å². The SMILES string of the molecule is Cc1ccc(-c2cncnc2Cl)c(C)c1. The van der Waals surface area contributed by atoms with Crippen LogP contribution in [-0.2, 0) is 0 Å². The zero-order valence-corrected chi connectivity index (χ0v) is 9.42. The second-order valence-corrected chi connectivity index (χ2v) is 3.90. The van der Waals surface area contributed by atoms with Gasteiger partial charge in [-0.2, -0.15) is 0 Å². The molecule has 15 heavy (non-hydrogen) atoms. The predicted octanol–water partition coefficient (Wildman–Crippen LogP) is 3.41. The zero-order valence-electron chi connectivity index (χ0n) is 8.66. The fourth-order valence-electron chi connectivity index (χ4n) is 1.61. The molecule has 3 heteroatoms. The summed E-state index contributed by atoms with van der Waals surface area (Å²) in [4.78, 5) is 7.96. The van der Waals surface area contributed by atoms with E-state index < -0.39 is 0 Å². The number of halogens is 1. The maximum atomic E-state index is 6.02. The van der Waals surface area contributed by atoms with Gasteiger partial charge in [0, 0.05) is 11.8 Å². The Balaban J connectivity index is 2.60. The van der Waals surface area contributed by atoms with E-state index in [1.165, 1.54) is 17.5 Å². The van der Waals surface area contributed by atoms with Crippen LogP contribution in [0, 0.1) is 13.8 Å². The molecule has 2 nitrogen and oxygen atoms in total. The van der Waals surface area contributed by atoms with E-state index in [4.69, 9.17) is 11.6 Å². The summed E-state index contributed by atoms with van der Waals surface area (Å²) in [5, 5.41) is 0.497. The van der Waals surface area contributed by atoms with Crippen LogP contribution >= 0.6 is 11.6 Å². The highest BCUT2D eigenvalue weighted by atomic mass is 35.5. The fourth-order valence-corrected chi connectivity index (χ4v) is 1.81. The number of nitrogens with zero attached hydrogens (tertiary/aromatic N) is 2. The number of hydrogen-bond acceptors (Lipinski definition) is 2. The van der Waals surface area contributed by atoms with Crippen molar-refractivity contribution in [3.8, 4) is 11.1 Å². The summed E-state index contributed by atoms with van der Waals surface area (Å²) in [7, 11) is 0. The van der Waals surface area contributed by atoms with E-state index in [1.807, 2.05) is 0 Å². The molecular weight excluding hydrogens is 208 g/mol. The fraction of sp³-hybridized carbons (Fsp3) is 0.167. The molecule has 0 aliphatic rings. The molecule has 1 aromatic carbocycles. The van der Waals surface area contributed by atoms with E-state index in [9.17, 15) is 0 Å². The van der Waals surface area contributed by atoms with E-state index in [2.05, 4.69) is 42.0 Å². The molecule has 0 atom stereocenters. The third kappa shape index (κ3) is 2.00. The molecule has 76 valence electrons. The van der Waals surface area contributed by atoms with E-state index in [0.717, 1.165) is 11.1 Å². The van der Waals surface area contributed by atoms with Gasteiger partial charge in [-0.25, -0.2) is 9.97 Å². The lowest BCUT2D eigenvalue weighted by molar-refractivity contribution is 1.17. The molecule has 0 fully saturated rings. The molecule has 0 aliphatic carbocycles. The van der Waals surface area contributed by atoms with Crippen molar-refractivity contribution in [3.05, 3.63) is 47.0 Å². The average Bonchev–Trinajstić information content (AvgIpc) is 2.20. The molecule has 0 aliphatic heterocycles. The lowest BCUT2D eigenvalue weighted by Crippen LogP contribution is -1.88. The molecule has 1 aromatic heterocycles. The summed E-state index contributed by atoms with van der Waals surface area (Å²) in [6.07, 6.45) is 3.20. The highest BCUT2D eigenvalue weighted by Crippen LogP contribution is 2.28. The topological polar surface area (TPSA) is 25.8 Å². The van der Waals surface area contributed by atoms with Crippen molar-refractivity contribution in [2.75, 3.05) is 0 Å². The minimum Gasteiger partial charge on any atom is -0.244 e. The molecule has 1 heterocycles. The van der Waals surface area contributed by atoms with Crippen molar-refractivity contribution in [2.45, 2.75) is 13.8 Å². The maximum Gasteiger partial charge on any atom is 0.140 e. The van der Waals surface area contributed by atoms with Gasteiger partial charge >= 0.3 is 0 Å². The van der Waals surface area contributed by atoms with Crippen LogP contribution in [0.25, 0.3) is 11.1 Å². The van der Waals surface area contributed by atoms with Crippen LogP contribution in [0.1, 0.15) is 11.1 Å². The van der Waals surface area contributed by atoms with Gasteiger partial charge in [-0.15, -0.1) is 0 Å². The van der Waals surface area contributed by atoms with E-state index >= 15 is 0 Å².